The zero-order valence-corrected chi connectivity index (χ0v) is 15.4. The Kier molecular flexibility index (Phi) is 5.26. The second-order valence-electron chi connectivity index (χ2n) is 6.33. The van der Waals surface area contributed by atoms with Gasteiger partial charge in [-0.3, -0.25) is 9.59 Å². The minimum Gasteiger partial charge on any atom is -0.324 e. The molecular formula is C21H20N4O2. The fraction of sp³-hybridized carbons (Fsp3) is 0.143. The van der Waals surface area contributed by atoms with Crippen LogP contribution in [0.1, 0.15) is 38.8 Å². The van der Waals surface area contributed by atoms with Crippen molar-refractivity contribution in [3.05, 3.63) is 77.1 Å². The Balaban J connectivity index is 1.67. The van der Waals surface area contributed by atoms with E-state index >= 15 is 0 Å². The van der Waals surface area contributed by atoms with Gasteiger partial charge in [-0.2, -0.15) is 0 Å². The van der Waals surface area contributed by atoms with Crippen LogP contribution in [0.5, 0.6) is 0 Å². The number of hydrogen-bond acceptors (Lipinski definition) is 5. The Bertz CT molecular complexity index is 980. The van der Waals surface area contributed by atoms with Gasteiger partial charge in [0.2, 0.25) is 5.95 Å². The van der Waals surface area contributed by atoms with Crippen molar-refractivity contribution in [3.8, 4) is 0 Å². The molecule has 0 spiro atoms. The van der Waals surface area contributed by atoms with Gasteiger partial charge in [0.05, 0.1) is 5.56 Å². The number of rotatable bonds is 5. The van der Waals surface area contributed by atoms with E-state index < -0.39 is 0 Å². The predicted molar refractivity (Wildman–Crippen MR) is 106 cm³/mol. The summed E-state index contributed by atoms with van der Waals surface area (Å²) in [6.45, 7) is 5.47. The van der Waals surface area contributed by atoms with Crippen LogP contribution in [0, 0.1) is 13.8 Å². The van der Waals surface area contributed by atoms with E-state index in [4.69, 9.17) is 0 Å². The van der Waals surface area contributed by atoms with Crippen LogP contribution in [-0.2, 0) is 0 Å². The van der Waals surface area contributed by atoms with Crippen LogP contribution < -0.4 is 10.6 Å². The summed E-state index contributed by atoms with van der Waals surface area (Å²) >= 11 is 0. The standard InChI is InChI=1S/C21H20N4O2/c1-13-4-9-19(14(2)10-13)25-20(27)17-11-22-21(23-12-17)24-18-7-5-16(6-8-18)15(3)26/h4-12H,1-3H3,(H,25,27)(H,22,23,24). The number of benzene rings is 2. The van der Waals surface area contributed by atoms with Crippen LogP contribution in [0.3, 0.4) is 0 Å². The zero-order chi connectivity index (χ0) is 19.4. The van der Waals surface area contributed by atoms with Crippen molar-refractivity contribution in [2.45, 2.75) is 20.8 Å². The molecule has 27 heavy (non-hydrogen) atoms. The fourth-order valence-electron chi connectivity index (χ4n) is 2.58. The molecule has 2 N–H and O–H groups in total. The number of carbonyl (C=O) groups is 2. The van der Waals surface area contributed by atoms with Gasteiger partial charge in [0.25, 0.3) is 5.91 Å². The van der Waals surface area contributed by atoms with E-state index in [1.165, 1.54) is 19.3 Å². The highest BCUT2D eigenvalue weighted by Crippen LogP contribution is 2.18. The zero-order valence-electron chi connectivity index (χ0n) is 15.4. The number of hydrogen-bond donors (Lipinski definition) is 2. The molecule has 1 heterocycles. The van der Waals surface area contributed by atoms with E-state index in [9.17, 15) is 9.59 Å². The average molecular weight is 360 g/mol. The Hall–Kier alpha value is -3.54. The van der Waals surface area contributed by atoms with Gasteiger partial charge in [0.15, 0.2) is 5.78 Å². The number of carbonyl (C=O) groups excluding carboxylic acids is 2. The van der Waals surface area contributed by atoms with E-state index in [1.807, 2.05) is 32.0 Å². The molecule has 136 valence electrons. The lowest BCUT2D eigenvalue weighted by atomic mass is 10.1. The molecule has 0 radical (unpaired) electrons. The first kappa shape index (κ1) is 18.3. The van der Waals surface area contributed by atoms with Crippen molar-refractivity contribution in [1.29, 1.82) is 0 Å². The molecule has 0 saturated heterocycles. The predicted octanol–water partition coefficient (Wildman–Crippen LogP) is 4.29. The minimum atomic E-state index is -0.265. The van der Waals surface area contributed by atoms with Gasteiger partial charge in [0.1, 0.15) is 0 Å². The van der Waals surface area contributed by atoms with Gasteiger partial charge >= 0.3 is 0 Å². The molecule has 1 amide bonds. The molecule has 2 aromatic carbocycles. The van der Waals surface area contributed by atoms with Gasteiger partial charge in [-0.1, -0.05) is 17.7 Å². The third-order valence-electron chi connectivity index (χ3n) is 4.09. The van der Waals surface area contributed by atoms with E-state index in [1.54, 1.807) is 24.3 Å². The molecule has 0 unspecified atom stereocenters. The van der Waals surface area contributed by atoms with Gasteiger partial charge in [-0.15, -0.1) is 0 Å². The molecule has 3 rings (SSSR count). The monoisotopic (exact) mass is 360 g/mol. The number of ketones is 1. The third kappa shape index (κ3) is 4.55. The van der Waals surface area contributed by atoms with Crippen LogP contribution in [0.4, 0.5) is 17.3 Å². The first-order chi connectivity index (χ1) is 12.9. The van der Waals surface area contributed by atoms with Crippen LogP contribution in [0.15, 0.2) is 54.9 Å². The number of Topliss-reactive ketones (excluding diaryl/α,β-unsaturated/α-hetero) is 1. The molecule has 0 aliphatic carbocycles. The molecule has 0 saturated carbocycles. The summed E-state index contributed by atoms with van der Waals surface area (Å²) in [6.07, 6.45) is 2.94. The average Bonchev–Trinajstić information content (AvgIpc) is 2.65. The highest BCUT2D eigenvalue weighted by Gasteiger charge is 2.09. The third-order valence-corrected chi connectivity index (χ3v) is 4.09. The number of aromatic nitrogens is 2. The van der Waals surface area contributed by atoms with E-state index in [0.29, 0.717) is 17.1 Å². The largest absolute Gasteiger partial charge is 0.324 e. The maximum atomic E-state index is 12.4. The van der Waals surface area contributed by atoms with Crippen molar-refractivity contribution in [2.75, 3.05) is 10.6 Å². The fourth-order valence-corrected chi connectivity index (χ4v) is 2.58. The quantitative estimate of drug-likeness (QED) is 0.663. The molecule has 1 aromatic heterocycles. The number of amides is 1. The summed E-state index contributed by atoms with van der Waals surface area (Å²) < 4.78 is 0. The summed E-state index contributed by atoms with van der Waals surface area (Å²) in [6, 6.07) is 12.9. The van der Waals surface area contributed by atoms with Gasteiger partial charge in [-0.25, -0.2) is 9.97 Å². The van der Waals surface area contributed by atoms with Crippen molar-refractivity contribution in [1.82, 2.24) is 9.97 Å². The Morgan fingerprint density at radius 2 is 1.56 bits per heavy atom. The van der Waals surface area contributed by atoms with Gasteiger partial charge in [-0.05, 0) is 56.7 Å². The number of anilines is 3. The Morgan fingerprint density at radius 1 is 0.889 bits per heavy atom. The van der Waals surface area contributed by atoms with E-state index in [2.05, 4.69) is 20.6 Å². The van der Waals surface area contributed by atoms with Crippen LogP contribution in [0.25, 0.3) is 0 Å². The van der Waals surface area contributed by atoms with Gasteiger partial charge in [0, 0.05) is 29.3 Å². The molecule has 0 fully saturated rings. The van der Waals surface area contributed by atoms with Crippen molar-refractivity contribution >= 4 is 29.0 Å². The van der Waals surface area contributed by atoms with Crippen LogP contribution in [-0.4, -0.2) is 21.7 Å². The summed E-state index contributed by atoms with van der Waals surface area (Å²) in [5.41, 5.74) is 4.66. The second-order valence-corrected chi connectivity index (χ2v) is 6.33. The lowest BCUT2D eigenvalue weighted by Gasteiger charge is -2.09. The number of aryl methyl sites for hydroxylation is 2. The maximum absolute atomic E-state index is 12.4. The molecule has 3 aromatic rings. The molecule has 6 heteroatoms. The first-order valence-corrected chi connectivity index (χ1v) is 8.51. The normalized spacial score (nSPS) is 10.3. The maximum Gasteiger partial charge on any atom is 0.258 e. The van der Waals surface area contributed by atoms with Crippen LogP contribution in [0.2, 0.25) is 0 Å². The van der Waals surface area contributed by atoms with Crippen molar-refractivity contribution < 1.29 is 9.59 Å². The van der Waals surface area contributed by atoms with Gasteiger partial charge < -0.3 is 10.6 Å². The molecule has 6 nitrogen and oxygen atoms in total. The SMILES string of the molecule is CC(=O)c1ccc(Nc2ncc(C(=O)Nc3ccc(C)cc3C)cn2)cc1. The van der Waals surface area contributed by atoms with Crippen LogP contribution >= 0.6 is 0 Å². The lowest BCUT2D eigenvalue weighted by molar-refractivity contribution is 0.101. The summed E-state index contributed by atoms with van der Waals surface area (Å²) in [5, 5.41) is 5.90. The summed E-state index contributed by atoms with van der Waals surface area (Å²) in [4.78, 5) is 32.0. The number of nitrogens with one attached hydrogen (secondary N) is 2. The van der Waals surface area contributed by atoms with E-state index in [-0.39, 0.29) is 11.7 Å². The molecular weight excluding hydrogens is 340 g/mol. The molecule has 0 atom stereocenters. The smallest absolute Gasteiger partial charge is 0.258 e. The Morgan fingerprint density at radius 3 is 2.15 bits per heavy atom. The summed E-state index contributed by atoms with van der Waals surface area (Å²) in [5.74, 6) is 0.116. The Labute approximate surface area is 157 Å². The first-order valence-electron chi connectivity index (χ1n) is 8.51. The molecule has 0 aliphatic rings. The van der Waals surface area contributed by atoms with Crippen molar-refractivity contribution in [2.24, 2.45) is 0 Å². The van der Waals surface area contributed by atoms with Crippen molar-refractivity contribution in [3.63, 3.8) is 0 Å². The minimum absolute atomic E-state index is 0.0111. The number of nitrogens with zero attached hydrogens (tertiary/aromatic N) is 2. The lowest BCUT2D eigenvalue weighted by Crippen LogP contribution is -2.14. The topological polar surface area (TPSA) is 84.0 Å². The highest BCUT2D eigenvalue weighted by atomic mass is 16.1. The summed E-state index contributed by atoms with van der Waals surface area (Å²) in [7, 11) is 0. The second kappa shape index (κ2) is 7.78. The van der Waals surface area contributed by atoms with E-state index in [0.717, 1.165) is 22.5 Å². The highest BCUT2D eigenvalue weighted by molar-refractivity contribution is 6.04. The molecule has 0 aliphatic heterocycles. The molecule has 0 bridgehead atoms.